The molecule has 4 heterocycles. The average molecular weight is 598 g/mol. The molecule has 0 saturated carbocycles. The van der Waals surface area contributed by atoms with Gasteiger partial charge in [0.15, 0.2) is 0 Å². The van der Waals surface area contributed by atoms with E-state index in [1.54, 1.807) is 12.3 Å². The van der Waals surface area contributed by atoms with E-state index in [0.717, 1.165) is 50.1 Å². The minimum Gasteiger partial charge on any atom is -0.492 e. The van der Waals surface area contributed by atoms with Crippen LogP contribution in [0.5, 0.6) is 5.75 Å². The molecule has 4 aromatic rings. The Kier molecular flexibility index (Phi) is 7.05. The second-order valence-corrected chi connectivity index (χ2v) is 10.7. The number of nitrogens with zero attached hydrogens (tertiary/aromatic N) is 2. The van der Waals surface area contributed by atoms with Gasteiger partial charge in [-0.3, -0.25) is 4.79 Å². The zero-order chi connectivity index (χ0) is 27.1. The van der Waals surface area contributed by atoms with Crippen molar-refractivity contribution >= 4 is 38.3 Å². The van der Waals surface area contributed by atoms with E-state index in [0.29, 0.717) is 43.4 Å². The van der Waals surface area contributed by atoms with Gasteiger partial charge in [0.05, 0.1) is 40.5 Å². The van der Waals surface area contributed by atoms with Crippen molar-refractivity contribution in [1.82, 2.24) is 15.0 Å². The van der Waals surface area contributed by atoms with Crippen LogP contribution in [0.2, 0.25) is 0 Å². The number of benzene rings is 2. The third-order valence-electron chi connectivity index (χ3n) is 7.33. The summed E-state index contributed by atoms with van der Waals surface area (Å²) in [4.78, 5) is 25.9. The average Bonchev–Trinajstić information content (AvgIpc) is 3.60. The number of aromatic amines is 2. The van der Waals surface area contributed by atoms with E-state index in [9.17, 15) is 14.3 Å². The van der Waals surface area contributed by atoms with E-state index in [1.807, 2.05) is 31.2 Å². The maximum absolute atomic E-state index is 13.2. The third kappa shape index (κ3) is 4.90. The lowest BCUT2D eigenvalue weighted by Gasteiger charge is -2.33. The highest BCUT2D eigenvalue weighted by molar-refractivity contribution is 9.10. The first-order chi connectivity index (χ1) is 18.9. The normalized spacial score (nSPS) is 17.7. The summed E-state index contributed by atoms with van der Waals surface area (Å²) in [6.07, 6.45) is 1.06. The number of imidazole rings is 1. The number of alkyl halides is 1. The summed E-state index contributed by atoms with van der Waals surface area (Å²) in [5.74, 6) is 1.20. The van der Waals surface area contributed by atoms with E-state index >= 15 is 0 Å². The van der Waals surface area contributed by atoms with Gasteiger partial charge >= 0.3 is 0 Å². The molecule has 9 nitrogen and oxygen atoms in total. The fourth-order valence-corrected chi connectivity index (χ4v) is 5.88. The molecule has 2 aliphatic heterocycles. The molecule has 39 heavy (non-hydrogen) atoms. The van der Waals surface area contributed by atoms with Gasteiger partial charge in [-0.15, -0.1) is 0 Å². The van der Waals surface area contributed by atoms with Gasteiger partial charge in [0.2, 0.25) is 0 Å². The van der Waals surface area contributed by atoms with Crippen LogP contribution in [0.15, 0.2) is 45.8 Å². The molecule has 0 spiro atoms. The van der Waals surface area contributed by atoms with Gasteiger partial charge in [0.1, 0.15) is 29.9 Å². The van der Waals surface area contributed by atoms with Crippen molar-refractivity contribution in [3.8, 4) is 17.1 Å². The van der Waals surface area contributed by atoms with Crippen LogP contribution in [0.1, 0.15) is 22.8 Å². The Morgan fingerprint density at radius 2 is 2.18 bits per heavy atom. The van der Waals surface area contributed by atoms with Crippen molar-refractivity contribution in [2.45, 2.75) is 25.6 Å². The molecule has 0 bridgehead atoms. The highest BCUT2D eigenvalue weighted by Gasteiger charge is 2.25. The monoisotopic (exact) mass is 597 g/mol. The summed E-state index contributed by atoms with van der Waals surface area (Å²) in [6.45, 7) is 3.84. The zero-order valence-corrected chi connectivity index (χ0v) is 23.0. The number of nitrogens with one attached hydrogen (secondary N) is 3. The molecule has 1 fully saturated rings. The van der Waals surface area contributed by atoms with Gasteiger partial charge < -0.3 is 34.8 Å². The summed E-state index contributed by atoms with van der Waals surface area (Å²) in [5.41, 5.74) is 5.83. The fraction of sp³-hybridized carbons (Fsp3) is 0.357. The molecule has 2 aliphatic rings. The number of H-pyrrole nitrogens is 2. The lowest BCUT2D eigenvalue weighted by molar-refractivity contribution is 0.0247. The summed E-state index contributed by atoms with van der Waals surface area (Å²) in [6, 6.07) is 9.53. The topological polar surface area (TPSA) is 115 Å². The Bertz CT molecular complexity index is 1590. The van der Waals surface area contributed by atoms with Gasteiger partial charge in [0.25, 0.3) is 5.56 Å². The summed E-state index contributed by atoms with van der Waals surface area (Å²) in [7, 11) is 0. The second-order valence-electron chi connectivity index (χ2n) is 9.87. The van der Waals surface area contributed by atoms with Gasteiger partial charge in [-0.1, -0.05) is 6.07 Å². The van der Waals surface area contributed by atoms with Crippen LogP contribution in [0, 0.1) is 6.92 Å². The number of ether oxygens (including phenoxy) is 2. The predicted octanol–water partition coefficient (Wildman–Crippen LogP) is 4.24. The SMILES string of the molecule is Cc1cc(N2CCOC(CF)C2)cc2[nH]c(-c3c(NCC(O)c4ccc(Br)c5c4CCO5)cc[nH]c3=O)nc12. The molecule has 0 amide bonds. The van der Waals surface area contributed by atoms with Crippen LogP contribution < -0.4 is 20.5 Å². The van der Waals surface area contributed by atoms with Crippen LogP contribution in [0.4, 0.5) is 15.8 Å². The van der Waals surface area contributed by atoms with Crippen molar-refractivity contribution in [2.24, 2.45) is 0 Å². The quantitative estimate of drug-likeness (QED) is 0.252. The molecule has 2 unspecified atom stereocenters. The Morgan fingerprint density at radius 1 is 1.31 bits per heavy atom. The first-order valence-corrected chi connectivity index (χ1v) is 13.7. The number of hydrogen-bond acceptors (Lipinski definition) is 7. The predicted molar refractivity (Wildman–Crippen MR) is 152 cm³/mol. The number of hydrogen-bond donors (Lipinski definition) is 4. The summed E-state index contributed by atoms with van der Waals surface area (Å²) >= 11 is 3.51. The highest BCUT2D eigenvalue weighted by atomic mass is 79.9. The summed E-state index contributed by atoms with van der Waals surface area (Å²) < 4.78 is 25.3. The van der Waals surface area contributed by atoms with Crippen LogP contribution in [-0.4, -0.2) is 65.7 Å². The number of aliphatic hydroxyl groups excluding tert-OH is 1. The Hall–Kier alpha value is -3.41. The van der Waals surface area contributed by atoms with Gasteiger partial charge in [-0.2, -0.15) is 0 Å². The number of aliphatic hydroxyl groups is 1. The largest absolute Gasteiger partial charge is 0.492 e. The van der Waals surface area contributed by atoms with Crippen LogP contribution in [0.3, 0.4) is 0 Å². The Balaban J connectivity index is 1.29. The molecular weight excluding hydrogens is 569 g/mol. The molecule has 0 radical (unpaired) electrons. The number of aromatic nitrogens is 3. The van der Waals surface area contributed by atoms with Crippen LogP contribution >= 0.6 is 15.9 Å². The van der Waals surface area contributed by atoms with E-state index in [-0.39, 0.29) is 12.1 Å². The first-order valence-electron chi connectivity index (χ1n) is 12.9. The number of morpholine rings is 1. The fourth-order valence-electron chi connectivity index (χ4n) is 5.39. The Morgan fingerprint density at radius 3 is 3.03 bits per heavy atom. The van der Waals surface area contributed by atoms with Crippen molar-refractivity contribution in [2.75, 3.05) is 49.7 Å². The van der Waals surface area contributed by atoms with Crippen molar-refractivity contribution in [3.63, 3.8) is 0 Å². The van der Waals surface area contributed by atoms with E-state index in [2.05, 4.69) is 36.1 Å². The van der Waals surface area contributed by atoms with Gasteiger partial charge in [-0.05, 0) is 58.2 Å². The summed E-state index contributed by atoms with van der Waals surface area (Å²) in [5, 5.41) is 14.3. The maximum Gasteiger partial charge on any atom is 0.261 e. The maximum atomic E-state index is 13.2. The Labute approximate surface area is 232 Å². The molecule has 11 heteroatoms. The molecule has 2 atom stereocenters. The van der Waals surface area contributed by atoms with E-state index in [4.69, 9.17) is 14.5 Å². The second kappa shape index (κ2) is 10.6. The molecule has 1 saturated heterocycles. The molecule has 6 rings (SSSR count). The van der Waals surface area contributed by atoms with Gasteiger partial charge in [0, 0.05) is 43.5 Å². The molecule has 0 aliphatic carbocycles. The number of fused-ring (bicyclic) bond motifs is 2. The van der Waals surface area contributed by atoms with Crippen molar-refractivity contribution in [1.29, 1.82) is 0 Å². The lowest BCUT2D eigenvalue weighted by atomic mass is 10.00. The highest BCUT2D eigenvalue weighted by Crippen LogP contribution is 2.38. The molecule has 4 N–H and O–H groups in total. The molecule has 204 valence electrons. The molecule has 2 aromatic carbocycles. The number of aryl methyl sites for hydroxylation is 1. The molecule has 2 aromatic heterocycles. The van der Waals surface area contributed by atoms with Crippen LogP contribution in [-0.2, 0) is 11.2 Å². The number of anilines is 2. The minimum absolute atomic E-state index is 0.195. The minimum atomic E-state index is -0.803. The zero-order valence-electron chi connectivity index (χ0n) is 21.4. The van der Waals surface area contributed by atoms with E-state index in [1.165, 1.54) is 0 Å². The van der Waals surface area contributed by atoms with Crippen LogP contribution in [0.25, 0.3) is 22.4 Å². The van der Waals surface area contributed by atoms with Crippen molar-refractivity contribution in [3.05, 3.63) is 68.0 Å². The van der Waals surface area contributed by atoms with E-state index < -0.39 is 18.9 Å². The molecular formula is C28H29BrFN5O4. The standard InChI is InChI=1S/C28H29BrFN5O4/c1-15-10-16(35-7-9-38-17(12-30)14-35)11-22-25(15)34-27(33-22)24-21(4-6-31-28(24)37)32-13-23(36)18-2-3-20(29)26-19(18)5-8-39-26/h2-4,6,10-11,17,23,36H,5,7-9,12-14H2,1H3,(H,33,34)(H2,31,32,37). The van der Waals surface area contributed by atoms with Crippen molar-refractivity contribution < 1.29 is 19.0 Å². The lowest BCUT2D eigenvalue weighted by Crippen LogP contribution is -2.43. The first kappa shape index (κ1) is 25.8. The number of halogens is 2. The number of rotatable bonds is 7. The van der Waals surface area contributed by atoms with Gasteiger partial charge in [-0.25, -0.2) is 9.37 Å². The third-order valence-corrected chi connectivity index (χ3v) is 7.95. The smallest absolute Gasteiger partial charge is 0.261 e. The number of pyridine rings is 1.